The van der Waals surface area contributed by atoms with Gasteiger partial charge in [-0.25, -0.2) is 0 Å². The van der Waals surface area contributed by atoms with Crippen LogP contribution in [0.15, 0.2) is 35.2 Å². The first kappa shape index (κ1) is 11.5. The minimum Gasteiger partial charge on any atom is -0.462 e. The molecule has 1 atom stereocenters. The zero-order chi connectivity index (χ0) is 11.4. The fourth-order valence-corrected chi connectivity index (χ4v) is 2.22. The van der Waals surface area contributed by atoms with Gasteiger partial charge in [0.15, 0.2) is 0 Å². The van der Waals surface area contributed by atoms with Crippen molar-refractivity contribution in [3.05, 3.63) is 30.3 Å². The molecule has 0 aliphatic heterocycles. The summed E-state index contributed by atoms with van der Waals surface area (Å²) in [4.78, 5) is 12.6. The first-order valence-electron chi connectivity index (χ1n) is 5.64. The monoisotopic (exact) mass is 236 g/mol. The van der Waals surface area contributed by atoms with E-state index < -0.39 is 0 Å². The zero-order valence-corrected chi connectivity index (χ0v) is 10.2. The highest BCUT2D eigenvalue weighted by Gasteiger charge is 2.32. The van der Waals surface area contributed by atoms with Gasteiger partial charge in [0, 0.05) is 10.6 Å². The molecule has 1 aliphatic carbocycles. The first-order chi connectivity index (χ1) is 7.75. The third kappa shape index (κ3) is 3.56. The van der Waals surface area contributed by atoms with Gasteiger partial charge in [-0.1, -0.05) is 18.2 Å². The molecule has 0 saturated heterocycles. The standard InChI is InChI=1S/C13H16O2S/c1-10(15-13(14)11-7-8-11)9-16-12-5-3-2-4-6-12/h2-6,10-11H,7-9H2,1H3. The molecule has 1 saturated carbocycles. The Morgan fingerprint density at radius 2 is 2.12 bits per heavy atom. The van der Waals surface area contributed by atoms with E-state index in [1.165, 1.54) is 4.90 Å². The lowest BCUT2D eigenvalue weighted by Gasteiger charge is -2.12. The molecule has 0 spiro atoms. The molecule has 1 unspecified atom stereocenters. The molecule has 16 heavy (non-hydrogen) atoms. The molecule has 0 N–H and O–H groups in total. The highest BCUT2D eigenvalue weighted by molar-refractivity contribution is 7.99. The van der Waals surface area contributed by atoms with E-state index in [0.29, 0.717) is 0 Å². The van der Waals surface area contributed by atoms with E-state index in [0.717, 1.165) is 18.6 Å². The van der Waals surface area contributed by atoms with Crippen molar-refractivity contribution in [2.45, 2.75) is 30.8 Å². The number of rotatable bonds is 5. The molecule has 0 amide bonds. The van der Waals surface area contributed by atoms with Crippen LogP contribution in [0.2, 0.25) is 0 Å². The first-order valence-corrected chi connectivity index (χ1v) is 6.62. The van der Waals surface area contributed by atoms with E-state index in [1.54, 1.807) is 11.8 Å². The minimum absolute atomic E-state index is 0.00157. The Hall–Kier alpha value is -0.960. The Balaban J connectivity index is 1.71. The van der Waals surface area contributed by atoms with Gasteiger partial charge >= 0.3 is 5.97 Å². The van der Waals surface area contributed by atoms with Crippen molar-refractivity contribution < 1.29 is 9.53 Å². The van der Waals surface area contributed by atoms with Crippen molar-refractivity contribution in [3.63, 3.8) is 0 Å². The summed E-state index contributed by atoms with van der Waals surface area (Å²) in [7, 11) is 0. The summed E-state index contributed by atoms with van der Waals surface area (Å²) < 4.78 is 5.34. The Morgan fingerprint density at radius 3 is 2.75 bits per heavy atom. The maximum Gasteiger partial charge on any atom is 0.309 e. The fraction of sp³-hybridized carbons (Fsp3) is 0.462. The number of benzene rings is 1. The number of ether oxygens (including phenoxy) is 1. The SMILES string of the molecule is CC(CSc1ccccc1)OC(=O)C1CC1. The second-order valence-corrected chi connectivity index (χ2v) is 5.24. The summed E-state index contributed by atoms with van der Waals surface area (Å²) in [6, 6.07) is 10.2. The molecule has 0 radical (unpaired) electrons. The molecule has 1 aromatic carbocycles. The van der Waals surface area contributed by atoms with Crippen LogP contribution in [0.4, 0.5) is 0 Å². The number of carbonyl (C=O) groups is 1. The average molecular weight is 236 g/mol. The molecular weight excluding hydrogens is 220 g/mol. The summed E-state index contributed by atoms with van der Waals surface area (Å²) in [6.07, 6.45) is 2.02. The predicted octanol–water partition coefficient (Wildman–Crippen LogP) is 3.12. The maximum atomic E-state index is 11.4. The summed E-state index contributed by atoms with van der Waals surface area (Å²) in [5, 5.41) is 0. The van der Waals surface area contributed by atoms with Gasteiger partial charge in [-0.05, 0) is 31.9 Å². The molecule has 0 aromatic heterocycles. The van der Waals surface area contributed by atoms with Crippen LogP contribution in [-0.2, 0) is 9.53 Å². The summed E-state index contributed by atoms with van der Waals surface area (Å²) in [6.45, 7) is 1.95. The van der Waals surface area contributed by atoms with Crippen LogP contribution in [0, 0.1) is 5.92 Å². The van der Waals surface area contributed by atoms with Crippen LogP contribution in [0.5, 0.6) is 0 Å². The second-order valence-electron chi connectivity index (χ2n) is 4.15. The van der Waals surface area contributed by atoms with Gasteiger partial charge in [-0.2, -0.15) is 0 Å². The summed E-state index contributed by atoms with van der Waals surface area (Å²) in [5.74, 6) is 1.01. The molecule has 0 heterocycles. The molecule has 3 heteroatoms. The van der Waals surface area contributed by atoms with Gasteiger partial charge < -0.3 is 4.74 Å². The number of hydrogen-bond donors (Lipinski definition) is 0. The molecule has 1 aromatic rings. The van der Waals surface area contributed by atoms with E-state index >= 15 is 0 Å². The highest BCUT2D eigenvalue weighted by atomic mass is 32.2. The van der Waals surface area contributed by atoms with E-state index in [-0.39, 0.29) is 18.0 Å². The van der Waals surface area contributed by atoms with Crippen molar-refractivity contribution in [1.82, 2.24) is 0 Å². The van der Waals surface area contributed by atoms with Crippen molar-refractivity contribution in [3.8, 4) is 0 Å². The quantitative estimate of drug-likeness (QED) is 0.580. The van der Waals surface area contributed by atoms with Crippen LogP contribution < -0.4 is 0 Å². The topological polar surface area (TPSA) is 26.3 Å². The van der Waals surface area contributed by atoms with E-state index in [2.05, 4.69) is 12.1 Å². The lowest BCUT2D eigenvalue weighted by atomic mass is 10.4. The van der Waals surface area contributed by atoms with Gasteiger partial charge in [-0.15, -0.1) is 11.8 Å². The molecule has 1 fully saturated rings. The Bertz CT molecular complexity index is 346. The van der Waals surface area contributed by atoms with Crippen LogP contribution in [0.3, 0.4) is 0 Å². The van der Waals surface area contributed by atoms with Crippen molar-refractivity contribution >= 4 is 17.7 Å². The lowest BCUT2D eigenvalue weighted by molar-refractivity contribution is -0.148. The predicted molar refractivity (Wildman–Crippen MR) is 65.4 cm³/mol. The largest absolute Gasteiger partial charge is 0.462 e. The summed E-state index contributed by atoms with van der Waals surface area (Å²) >= 11 is 1.73. The zero-order valence-electron chi connectivity index (χ0n) is 9.39. The Morgan fingerprint density at radius 1 is 1.44 bits per heavy atom. The van der Waals surface area contributed by atoms with Crippen molar-refractivity contribution in [2.24, 2.45) is 5.92 Å². The molecular formula is C13H16O2S. The molecule has 1 aliphatic rings. The Kier molecular flexibility index (Phi) is 3.88. The minimum atomic E-state index is -0.0128. The number of esters is 1. The fourth-order valence-electron chi connectivity index (χ4n) is 1.38. The van der Waals surface area contributed by atoms with Gasteiger partial charge in [-0.3, -0.25) is 4.79 Å². The molecule has 0 bridgehead atoms. The van der Waals surface area contributed by atoms with Crippen molar-refractivity contribution in [2.75, 3.05) is 5.75 Å². The van der Waals surface area contributed by atoms with E-state index in [1.807, 2.05) is 25.1 Å². The number of hydrogen-bond acceptors (Lipinski definition) is 3. The van der Waals surface area contributed by atoms with Crippen LogP contribution in [0.25, 0.3) is 0 Å². The highest BCUT2D eigenvalue weighted by Crippen LogP contribution is 2.31. The van der Waals surface area contributed by atoms with Crippen molar-refractivity contribution in [1.29, 1.82) is 0 Å². The number of carbonyl (C=O) groups excluding carboxylic acids is 1. The van der Waals surface area contributed by atoms with E-state index in [4.69, 9.17) is 4.74 Å². The third-order valence-electron chi connectivity index (χ3n) is 2.46. The smallest absolute Gasteiger partial charge is 0.309 e. The normalized spacial score (nSPS) is 16.8. The second kappa shape index (κ2) is 5.39. The molecule has 2 rings (SSSR count). The van der Waals surface area contributed by atoms with Crippen LogP contribution in [-0.4, -0.2) is 17.8 Å². The third-order valence-corrected chi connectivity index (χ3v) is 3.70. The van der Waals surface area contributed by atoms with Gasteiger partial charge in [0.05, 0.1) is 5.92 Å². The summed E-state index contributed by atoms with van der Waals surface area (Å²) in [5.41, 5.74) is 0. The van der Waals surface area contributed by atoms with Gasteiger partial charge in [0.2, 0.25) is 0 Å². The molecule has 86 valence electrons. The lowest BCUT2D eigenvalue weighted by Crippen LogP contribution is -2.18. The van der Waals surface area contributed by atoms with Gasteiger partial charge in [0.25, 0.3) is 0 Å². The van der Waals surface area contributed by atoms with Crippen LogP contribution >= 0.6 is 11.8 Å². The average Bonchev–Trinajstić information content (AvgIpc) is 3.11. The maximum absolute atomic E-state index is 11.4. The van der Waals surface area contributed by atoms with Crippen LogP contribution in [0.1, 0.15) is 19.8 Å². The van der Waals surface area contributed by atoms with Gasteiger partial charge in [0.1, 0.15) is 6.10 Å². The van der Waals surface area contributed by atoms with E-state index in [9.17, 15) is 4.79 Å². The number of thioether (sulfide) groups is 1. The molecule has 2 nitrogen and oxygen atoms in total. The Labute approximate surface area is 100 Å².